The molecule has 0 aromatic heterocycles. The van der Waals surface area contributed by atoms with E-state index in [1.165, 1.54) is 6.07 Å². The van der Waals surface area contributed by atoms with E-state index in [9.17, 15) is 18.0 Å². The van der Waals surface area contributed by atoms with Crippen molar-refractivity contribution in [3.8, 4) is 0 Å². The fourth-order valence-electron chi connectivity index (χ4n) is 3.15. The molecule has 7 heteroatoms. The summed E-state index contributed by atoms with van der Waals surface area (Å²) in [5, 5.41) is 3.15. The Kier molecular flexibility index (Phi) is 5.81. The molecular formula is C17H22ClF3N2O. The molecule has 0 bridgehead atoms. The van der Waals surface area contributed by atoms with Gasteiger partial charge in [-0.15, -0.1) is 0 Å². The summed E-state index contributed by atoms with van der Waals surface area (Å²) in [6.07, 6.45) is -2.80. The van der Waals surface area contributed by atoms with Gasteiger partial charge in [-0.05, 0) is 57.0 Å². The third kappa shape index (κ3) is 4.42. The highest BCUT2D eigenvalue weighted by atomic mass is 35.5. The van der Waals surface area contributed by atoms with Crippen LogP contribution in [0, 0.1) is 5.41 Å². The van der Waals surface area contributed by atoms with Crippen molar-refractivity contribution in [1.82, 2.24) is 10.2 Å². The molecule has 1 aromatic rings. The lowest BCUT2D eigenvalue weighted by Gasteiger charge is -2.39. The average Bonchev–Trinajstić information content (AvgIpc) is 2.49. The molecule has 1 atom stereocenters. The maximum Gasteiger partial charge on any atom is 0.416 e. The number of piperidine rings is 1. The quantitative estimate of drug-likeness (QED) is 0.874. The minimum absolute atomic E-state index is 0.00941. The van der Waals surface area contributed by atoms with Crippen molar-refractivity contribution < 1.29 is 18.0 Å². The van der Waals surface area contributed by atoms with E-state index >= 15 is 0 Å². The molecular weight excluding hydrogens is 341 g/mol. The minimum atomic E-state index is -4.39. The Morgan fingerprint density at radius 1 is 1.42 bits per heavy atom. The van der Waals surface area contributed by atoms with E-state index in [-0.39, 0.29) is 5.91 Å². The second-order valence-electron chi connectivity index (χ2n) is 6.54. The maximum absolute atomic E-state index is 12.9. The van der Waals surface area contributed by atoms with Gasteiger partial charge in [-0.3, -0.25) is 9.69 Å². The van der Waals surface area contributed by atoms with Crippen LogP contribution in [-0.2, 0) is 17.5 Å². The van der Waals surface area contributed by atoms with E-state index in [2.05, 4.69) is 5.32 Å². The predicted molar refractivity (Wildman–Crippen MR) is 87.8 cm³/mol. The largest absolute Gasteiger partial charge is 0.416 e. The Morgan fingerprint density at radius 3 is 2.75 bits per heavy atom. The number of rotatable bonds is 4. The summed E-state index contributed by atoms with van der Waals surface area (Å²) in [7, 11) is 0. The summed E-state index contributed by atoms with van der Waals surface area (Å²) in [5.74, 6) is -0.00941. The van der Waals surface area contributed by atoms with Crippen LogP contribution in [0.1, 0.15) is 37.8 Å². The van der Waals surface area contributed by atoms with Crippen LogP contribution in [-0.4, -0.2) is 30.4 Å². The number of hydrogen-bond acceptors (Lipinski definition) is 2. The number of amides is 1. The molecule has 1 unspecified atom stereocenters. The normalized spacial score (nSPS) is 22.4. The lowest BCUT2D eigenvalue weighted by Crippen LogP contribution is -2.50. The van der Waals surface area contributed by atoms with Gasteiger partial charge in [0.15, 0.2) is 0 Å². The van der Waals surface area contributed by atoms with Crippen molar-refractivity contribution in [2.45, 2.75) is 39.4 Å². The highest BCUT2D eigenvalue weighted by Crippen LogP contribution is 2.34. The van der Waals surface area contributed by atoms with Gasteiger partial charge in [-0.25, -0.2) is 0 Å². The molecule has 1 aromatic carbocycles. The number of halogens is 4. The lowest BCUT2D eigenvalue weighted by atomic mass is 9.80. The first-order chi connectivity index (χ1) is 11.2. The Balaban J connectivity index is 2.15. The van der Waals surface area contributed by atoms with Crippen LogP contribution in [0.15, 0.2) is 18.2 Å². The first kappa shape index (κ1) is 19.1. The molecule has 0 radical (unpaired) electrons. The number of nitrogens with one attached hydrogen (secondary N) is 1. The monoisotopic (exact) mass is 362 g/mol. The lowest BCUT2D eigenvalue weighted by molar-refractivity contribution is -0.137. The standard InChI is InChI=1S/C17H22ClF3N2O/c1-3-22-15(24)16(2)7-4-8-23(11-16)10-12-9-13(17(19,20)21)5-6-14(12)18/h5-6,9H,3-4,7-8,10-11H2,1-2H3,(H,22,24). The molecule has 0 spiro atoms. The van der Waals surface area contributed by atoms with E-state index in [0.29, 0.717) is 30.2 Å². The maximum atomic E-state index is 12.9. The molecule has 1 aliphatic rings. The molecule has 24 heavy (non-hydrogen) atoms. The molecule has 1 aliphatic heterocycles. The van der Waals surface area contributed by atoms with Gasteiger partial charge >= 0.3 is 6.18 Å². The number of alkyl halides is 3. The van der Waals surface area contributed by atoms with Gasteiger partial charge in [0.25, 0.3) is 0 Å². The summed E-state index contributed by atoms with van der Waals surface area (Å²) >= 11 is 6.08. The van der Waals surface area contributed by atoms with Crippen molar-refractivity contribution in [2.75, 3.05) is 19.6 Å². The molecule has 1 amide bonds. The third-order valence-electron chi connectivity index (χ3n) is 4.43. The van der Waals surface area contributed by atoms with Gasteiger partial charge in [-0.2, -0.15) is 13.2 Å². The topological polar surface area (TPSA) is 32.3 Å². The van der Waals surface area contributed by atoms with E-state index in [1.54, 1.807) is 0 Å². The molecule has 0 saturated carbocycles. The smallest absolute Gasteiger partial charge is 0.356 e. The number of nitrogens with zero attached hydrogens (tertiary/aromatic N) is 1. The first-order valence-electron chi connectivity index (χ1n) is 8.02. The Labute approximate surface area is 145 Å². The van der Waals surface area contributed by atoms with Crippen molar-refractivity contribution in [3.63, 3.8) is 0 Å². The van der Waals surface area contributed by atoms with Gasteiger partial charge in [-0.1, -0.05) is 11.6 Å². The van der Waals surface area contributed by atoms with E-state index < -0.39 is 17.2 Å². The second kappa shape index (κ2) is 7.31. The minimum Gasteiger partial charge on any atom is -0.356 e. The molecule has 1 heterocycles. The third-order valence-corrected chi connectivity index (χ3v) is 4.80. The van der Waals surface area contributed by atoms with Crippen LogP contribution in [0.5, 0.6) is 0 Å². The van der Waals surface area contributed by atoms with E-state index in [1.807, 2.05) is 18.7 Å². The van der Waals surface area contributed by atoms with Crippen molar-refractivity contribution in [1.29, 1.82) is 0 Å². The summed E-state index contributed by atoms with van der Waals surface area (Å²) in [4.78, 5) is 14.3. The summed E-state index contributed by atoms with van der Waals surface area (Å²) in [5.41, 5.74) is -0.792. The van der Waals surface area contributed by atoms with E-state index in [4.69, 9.17) is 11.6 Å². The van der Waals surface area contributed by atoms with Gasteiger partial charge in [0.1, 0.15) is 0 Å². The second-order valence-corrected chi connectivity index (χ2v) is 6.95. The molecule has 1 N–H and O–H groups in total. The predicted octanol–water partition coefficient (Wildman–Crippen LogP) is 4.10. The molecule has 2 rings (SSSR count). The number of likely N-dealkylation sites (tertiary alicyclic amines) is 1. The van der Waals surface area contributed by atoms with Crippen LogP contribution < -0.4 is 5.32 Å². The first-order valence-corrected chi connectivity index (χ1v) is 8.40. The summed E-state index contributed by atoms with van der Waals surface area (Å²) in [6.45, 7) is 5.88. The molecule has 3 nitrogen and oxygen atoms in total. The van der Waals surface area contributed by atoms with Gasteiger partial charge < -0.3 is 5.32 Å². The highest BCUT2D eigenvalue weighted by molar-refractivity contribution is 6.31. The van der Waals surface area contributed by atoms with Gasteiger partial charge in [0, 0.05) is 24.7 Å². The fraction of sp³-hybridized carbons (Fsp3) is 0.588. The van der Waals surface area contributed by atoms with Crippen molar-refractivity contribution in [2.24, 2.45) is 5.41 Å². The number of benzene rings is 1. The van der Waals surface area contributed by atoms with Gasteiger partial charge in [0.05, 0.1) is 11.0 Å². The Bertz CT molecular complexity index is 606. The number of carbonyl (C=O) groups is 1. The highest BCUT2D eigenvalue weighted by Gasteiger charge is 2.38. The molecule has 1 saturated heterocycles. The molecule has 0 aliphatic carbocycles. The van der Waals surface area contributed by atoms with Crippen LogP contribution in [0.4, 0.5) is 13.2 Å². The Morgan fingerprint density at radius 2 is 2.12 bits per heavy atom. The molecule has 1 fully saturated rings. The van der Waals surface area contributed by atoms with Crippen LogP contribution in [0.25, 0.3) is 0 Å². The summed E-state index contributed by atoms with van der Waals surface area (Å²) in [6, 6.07) is 3.37. The Hall–Kier alpha value is -1.27. The van der Waals surface area contributed by atoms with Crippen LogP contribution >= 0.6 is 11.6 Å². The number of hydrogen-bond donors (Lipinski definition) is 1. The summed E-state index contributed by atoms with van der Waals surface area (Å²) < 4.78 is 38.6. The van der Waals surface area contributed by atoms with Crippen LogP contribution in [0.3, 0.4) is 0 Å². The molecule has 134 valence electrons. The zero-order valence-corrected chi connectivity index (χ0v) is 14.6. The SMILES string of the molecule is CCNC(=O)C1(C)CCCN(Cc2cc(C(F)(F)F)ccc2Cl)C1. The fourth-order valence-corrected chi connectivity index (χ4v) is 3.33. The number of carbonyl (C=O) groups excluding carboxylic acids is 1. The average molecular weight is 363 g/mol. The van der Waals surface area contributed by atoms with Crippen LogP contribution in [0.2, 0.25) is 5.02 Å². The zero-order chi connectivity index (χ0) is 18.0. The van der Waals surface area contributed by atoms with Gasteiger partial charge in [0.2, 0.25) is 5.91 Å². The van der Waals surface area contributed by atoms with Crippen molar-refractivity contribution >= 4 is 17.5 Å². The van der Waals surface area contributed by atoms with E-state index in [0.717, 1.165) is 31.5 Å². The van der Waals surface area contributed by atoms with Crippen molar-refractivity contribution in [3.05, 3.63) is 34.3 Å². The zero-order valence-electron chi connectivity index (χ0n) is 13.8.